The minimum Gasteiger partial charge on any atom is -0.454 e. The number of likely N-dealkylation sites (tertiary alicyclic amines) is 1. The van der Waals surface area contributed by atoms with Gasteiger partial charge >= 0.3 is 0 Å². The van der Waals surface area contributed by atoms with Crippen LogP contribution in [0.1, 0.15) is 30.0 Å². The van der Waals surface area contributed by atoms with Crippen LogP contribution in [0.25, 0.3) is 0 Å². The second kappa shape index (κ2) is 8.33. The van der Waals surface area contributed by atoms with E-state index in [1.165, 1.54) is 5.56 Å². The lowest BCUT2D eigenvalue weighted by Gasteiger charge is -2.27. The minimum atomic E-state index is 0.148. The molecule has 4 rings (SSSR count). The first-order chi connectivity index (χ1) is 14.0. The first-order valence-corrected chi connectivity index (χ1v) is 10.1. The molecular formula is C23H29N3O3. The summed E-state index contributed by atoms with van der Waals surface area (Å²) in [5.41, 5.74) is 3.49. The van der Waals surface area contributed by atoms with Crippen molar-refractivity contribution in [1.82, 2.24) is 9.80 Å². The van der Waals surface area contributed by atoms with Gasteiger partial charge in [0.2, 0.25) is 12.7 Å². The highest BCUT2D eigenvalue weighted by Gasteiger charge is 2.29. The van der Waals surface area contributed by atoms with Crippen LogP contribution in [-0.4, -0.2) is 56.7 Å². The van der Waals surface area contributed by atoms with E-state index in [2.05, 4.69) is 46.2 Å². The van der Waals surface area contributed by atoms with Crippen LogP contribution in [0, 0.1) is 0 Å². The van der Waals surface area contributed by atoms with Gasteiger partial charge in [-0.1, -0.05) is 18.2 Å². The summed E-state index contributed by atoms with van der Waals surface area (Å²) in [6, 6.07) is 14.7. The fraction of sp³-hybridized carbons (Fsp3) is 0.435. The van der Waals surface area contributed by atoms with Crippen molar-refractivity contribution in [2.24, 2.45) is 0 Å². The third-order valence-corrected chi connectivity index (χ3v) is 5.78. The van der Waals surface area contributed by atoms with Crippen LogP contribution in [0.15, 0.2) is 42.5 Å². The van der Waals surface area contributed by atoms with E-state index in [9.17, 15) is 4.79 Å². The SMILES string of the molecule is CN(Cc1ccc(N(C)C)cc1)C(=O)CN1CCCC1c1ccc2c(c1)OCO2. The Bertz CT molecular complexity index is 866. The van der Waals surface area contributed by atoms with Gasteiger partial charge in [-0.05, 0) is 54.8 Å². The number of carbonyl (C=O) groups is 1. The first kappa shape index (κ1) is 19.6. The quantitative estimate of drug-likeness (QED) is 0.751. The molecule has 1 amide bonds. The van der Waals surface area contributed by atoms with E-state index < -0.39 is 0 Å². The van der Waals surface area contributed by atoms with Crippen LogP contribution in [0.5, 0.6) is 11.5 Å². The lowest BCUT2D eigenvalue weighted by molar-refractivity contribution is -0.131. The zero-order chi connectivity index (χ0) is 20.4. The Morgan fingerprint density at radius 2 is 1.83 bits per heavy atom. The predicted molar refractivity (Wildman–Crippen MR) is 113 cm³/mol. The van der Waals surface area contributed by atoms with E-state index in [-0.39, 0.29) is 18.7 Å². The highest BCUT2D eigenvalue weighted by atomic mass is 16.7. The number of nitrogens with zero attached hydrogens (tertiary/aromatic N) is 3. The molecule has 1 fully saturated rings. The fourth-order valence-electron chi connectivity index (χ4n) is 4.07. The molecular weight excluding hydrogens is 366 g/mol. The summed E-state index contributed by atoms with van der Waals surface area (Å²) in [5.74, 6) is 1.75. The molecule has 0 saturated carbocycles. The maximum atomic E-state index is 12.9. The molecule has 0 bridgehead atoms. The topological polar surface area (TPSA) is 45.2 Å². The number of rotatable bonds is 6. The van der Waals surface area contributed by atoms with Crippen molar-refractivity contribution < 1.29 is 14.3 Å². The fourth-order valence-corrected chi connectivity index (χ4v) is 4.07. The molecule has 1 unspecified atom stereocenters. The van der Waals surface area contributed by atoms with Gasteiger partial charge in [-0.15, -0.1) is 0 Å². The molecule has 0 radical (unpaired) electrons. The number of ether oxygens (including phenoxy) is 2. The van der Waals surface area contributed by atoms with Crippen molar-refractivity contribution in [1.29, 1.82) is 0 Å². The Kier molecular flexibility index (Phi) is 5.62. The Hall–Kier alpha value is -2.73. The molecule has 0 N–H and O–H groups in total. The van der Waals surface area contributed by atoms with Gasteiger partial charge in [0.05, 0.1) is 6.54 Å². The van der Waals surface area contributed by atoms with Gasteiger partial charge in [0.15, 0.2) is 11.5 Å². The number of hydrogen-bond acceptors (Lipinski definition) is 5. The first-order valence-electron chi connectivity index (χ1n) is 10.1. The summed E-state index contributed by atoms with van der Waals surface area (Å²) in [6.07, 6.45) is 2.16. The van der Waals surface area contributed by atoms with Crippen LogP contribution in [0.3, 0.4) is 0 Å². The molecule has 0 spiro atoms. The molecule has 1 saturated heterocycles. The Balaban J connectivity index is 1.37. The highest BCUT2D eigenvalue weighted by Crippen LogP contribution is 2.38. The predicted octanol–water partition coefficient (Wildman–Crippen LogP) is 3.28. The molecule has 2 aliphatic heterocycles. The number of carbonyl (C=O) groups excluding carboxylic acids is 1. The molecule has 6 heteroatoms. The van der Waals surface area contributed by atoms with Gasteiger partial charge in [0.1, 0.15) is 0 Å². The van der Waals surface area contributed by atoms with Gasteiger partial charge in [-0.2, -0.15) is 0 Å². The average molecular weight is 396 g/mol. The summed E-state index contributed by atoms with van der Waals surface area (Å²) in [5, 5.41) is 0. The standard InChI is InChI=1S/C23H29N3O3/c1-24(2)19-9-6-17(7-10-19)14-25(3)23(27)15-26-12-4-5-20(26)18-8-11-21-22(13-18)29-16-28-21/h6-11,13,20H,4-5,12,14-16H2,1-3H3. The second-order valence-corrected chi connectivity index (χ2v) is 8.05. The van der Waals surface area contributed by atoms with Crippen molar-refractivity contribution in [3.8, 4) is 11.5 Å². The van der Waals surface area contributed by atoms with Crippen molar-refractivity contribution in [2.75, 3.05) is 45.9 Å². The summed E-state index contributed by atoms with van der Waals surface area (Å²) < 4.78 is 10.9. The zero-order valence-electron chi connectivity index (χ0n) is 17.4. The summed E-state index contributed by atoms with van der Waals surface area (Å²) in [4.78, 5) is 19.0. The Labute approximate surface area is 172 Å². The molecule has 2 aromatic rings. The van der Waals surface area contributed by atoms with Crippen molar-refractivity contribution >= 4 is 11.6 Å². The van der Waals surface area contributed by atoms with E-state index in [1.807, 2.05) is 32.1 Å². The number of amides is 1. The average Bonchev–Trinajstić information content (AvgIpc) is 3.36. The molecule has 6 nitrogen and oxygen atoms in total. The van der Waals surface area contributed by atoms with Crippen LogP contribution in [0.2, 0.25) is 0 Å². The molecule has 1 atom stereocenters. The molecule has 154 valence electrons. The van der Waals surface area contributed by atoms with Crippen LogP contribution in [0.4, 0.5) is 5.69 Å². The zero-order valence-corrected chi connectivity index (χ0v) is 17.4. The normalized spacial score (nSPS) is 18.1. The summed E-state index contributed by atoms with van der Waals surface area (Å²) in [7, 11) is 5.93. The van der Waals surface area contributed by atoms with E-state index >= 15 is 0 Å². The Morgan fingerprint density at radius 1 is 1.07 bits per heavy atom. The maximum Gasteiger partial charge on any atom is 0.236 e. The van der Waals surface area contributed by atoms with Crippen LogP contribution >= 0.6 is 0 Å². The van der Waals surface area contributed by atoms with Gasteiger partial charge in [0, 0.05) is 39.4 Å². The molecule has 29 heavy (non-hydrogen) atoms. The number of benzene rings is 2. The van der Waals surface area contributed by atoms with Gasteiger partial charge in [-0.25, -0.2) is 0 Å². The van der Waals surface area contributed by atoms with E-state index in [1.54, 1.807) is 0 Å². The summed E-state index contributed by atoms with van der Waals surface area (Å²) in [6.45, 7) is 2.28. The molecule has 2 aliphatic rings. The molecule has 0 aromatic heterocycles. The van der Waals surface area contributed by atoms with E-state index in [0.29, 0.717) is 13.1 Å². The number of hydrogen-bond donors (Lipinski definition) is 0. The largest absolute Gasteiger partial charge is 0.454 e. The van der Waals surface area contributed by atoms with Gasteiger partial charge in [-0.3, -0.25) is 9.69 Å². The lowest BCUT2D eigenvalue weighted by Crippen LogP contribution is -2.37. The van der Waals surface area contributed by atoms with Crippen molar-refractivity contribution in [2.45, 2.75) is 25.4 Å². The number of anilines is 1. The highest BCUT2D eigenvalue weighted by molar-refractivity contribution is 5.78. The van der Waals surface area contributed by atoms with Crippen LogP contribution < -0.4 is 14.4 Å². The molecule has 0 aliphatic carbocycles. The monoisotopic (exact) mass is 395 g/mol. The van der Waals surface area contributed by atoms with Gasteiger partial charge < -0.3 is 19.3 Å². The number of likely N-dealkylation sites (N-methyl/N-ethyl adjacent to an activating group) is 1. The third kappa shape index (κ3) is 4.32. The molecule has 2 heterocycles. The van der Waals surface area contributed by atoms with Gasteiger partial charge in [0.25, 0.3) is 0 Å². The third-order valence-electron chi connectivity index (χ3n) is 5.78. The van der Waals surface area contributed by atoms with Crippen molar-refractivity contribution in [3.05, 3.63) is 53.6 Å². The minimum absolute atomic E-state index is 0.148. The lowest BCUT2D eigenvalue weighted by atomic mass is 10.0. The molecule has 2 aromatic carbocycles. The smallest absolute Gasteiger partial charge is 0.236 e. The summed E-state index contributed by atoms with van der Waals surface area (Å²) >= 11 is 0. The van der Waals surface area contributed by atoms with E-state index in [0.717, 1.165) is 42.1 Å². The Morgan fingerprint density at radius 3 is 2.59 bits per heavy atom. The number of fused-ring (bicyclic) bond motifs is 1. The second-order valence-electron chi connectivity index (χ2n) is 8.05. The maximum absolute atomic E-state index is 12.9. The van der Waals surface area contributed by atoms with Crippen molar-refractivity contribution in [3.63, 3.8) is 0 Å². The van der Waals surface area contributed by atoms with Crippen LogP contribution in [-0.2, 0) is 11.3 Å². The van der Waals surface area contributed by atoms with E-state index in [4.69, 9.17) is 9.47 Å².